The number of nitrogens with one attached hydrogen (secondary N) is 1. The summed E-state index contributed by atoms with van der Waals surface area (Å²) in [5, 5.41) is 12.9. The maximum absolute atomic E-state index is 11.8. The fraction of sp³-hybridized carbons (Fsp3) is 0.778. The van der Waals surface area contributed by atoms with Crippen LogP contribution in [0.4, 0.5) is 0 Å². The number of ether oxygens (including phenoxy) is 1. The van der Waals surface area contributed by atoms with Crippen LogP contribution in [0.5, 0.6) is 0 Å². The van der Waals surface area contributed by atoms with Crippen LogP contribution < -0.4 is 5.32 Å². The average molecular weight is 386 g/mol. The van der Waals surface area contributed by atoms with E-state index in [0.717, 1.165) is 18.9 Å². The standard InChI is InChI=1S/C18H35NO4Si2/c1-7-17(21)19-13-18(22)23-16-9-8-14(12-15(16)20)25(5,6)11-10-24(2,3)4/h7,14-16,20H,1,8-13H2,2-6H3,(H,19,21). The van der Waals surface area contributed by atoms with E-state index < -0.39 is 40.2 Å². The summed E-state index contributed by atoms with van der Waals surface area (Å²) in [6.45, 7) is 15.2. The highest BCUT2D eigenvalue weighted by atomic mass is 28.3. The van der Waals surface area contributed by atoms with Crippen LogP contribution in [0.25, 0.3) is 0 Å². The van der Waals surface area contributed by atoms with Crippen molar-refractivity contribution in [2.75, 3.05) is 6.54 Å². The third kappa shape index (κ3) is 7.87. The minimum Gasteiger partial charge on any atom is -0.458 e. The van der Waals surface area contributed by atoms with Gasteiger partial charge in [-0.15, -0.1) is 0 Å². The van der Waals surface area contributed by atoms with Gasteiger partial charge in [0.2, 0.25) is 5.91 Å². The summed E-state index contributed by atoms with van der Waals surface area (Å²) >= 11 is 0. The fourth-order valence-corrected chi connectivity index (χ4v) is 11.1. The second-order valence-corrected chi connectivity index (χ2v) is 20.0. The smallest absolute Gasteiger partial charge is 0.325 e. The molecule has 0 spiro atoms. The molecule has 0 saturated heterocycles. The molecule has 0 bridgehead atoms. The van der Waals surface area contributed by atoms with Gasteiger partial charge in [0.15, 0.2) is 0 Å². The van der Waals surface area contributed by atoms with E-state index in [2.05, 4.69) is 44.6 Å². The summed E-state index contributed by atoms with van der Waals surface area (Å²) in [6, 6.07) is 2.67. The van der Waals surface area contributed by atoms with Gasteiger partial charge in [-0.2, -0.15) is 0 Å². The van der Waals surface area contributed by atoms with Gasteiger partial charge in [0.05, 0.1) is 14.2 Å². The van der Waals surface area contributed by atoms with Crippen molar-refractivity contribution in [1.82, 2.24) is 5.32 Å². The molecule has 1 rings (SSSR count). The van der Waals surface area contributed by atoms with Crippen LogP contribution in [0.15, 0.2) is 12.7 Å². The molecular weight excluding hydrogens is 350 g/mol. The molecule has 2 N–H and O–H groups in total. The first-order valence-corrected chi connectivity index (χ1v) is 16.2. The lowest BCUT2D eigenvalue weighted by atomic mass is 9.94. The van der Waals surface area contributed by atoms with Crippen LogP contribution in [0.2, 0.25) is 50.4 Å². The lowest BCUT2D eigenvalue weighted by molar-refractivity contribution is -0.157. The molecule has 0 radical (unpaired) electrons. The Balaban J connectivity index is 2.49. The topological polar surface area (TPSA) is 75.6 Å². The molecule has 5 nitrogen and oxygen atoms in total. The van der Waals surface area contributed by atoms with E-state index in [9.17, 15) is 14.7 Å². The molecule has 3 unspecified atom stereocenters. The number of aliphatic hydroxyl groups is 1. The molecule has 0 aromatic rings. The molecule has 1 saturated carbocycles. The van der Waals surface area contributed by atoms with Crippen LogP contribution in [-0.2, 0) is 14.3 Å². The Morgan fingerprint density at radius 2 is 1.84 bits per heavy atom. The van der Waals surface area contributed by atoms with Gasteiger partial charge in [-0.25, -0.2) is 0 Å². The molecule has 1 amide bonds. The molecular formula is C18H35NO4Si2. The predicted octanol–water partition coefficient (Wildman–Crippen LogP) is 3.16. The van der Waals surface area contributed by atoms with E-state index in [4.69, 9.17) is 4.74 Å². The normalized spacial score (nSPS) is 24.5. The molecule has 1 fully saturated rings. The first-order valence-electron chi connectivity index (χ1n) is 9.22. The van der Waals surface area contributed by atoms with E-state index >= 15 is 0 Å². The van der Waals surface area contributed by atoms with Crippen LogP contribution >= 0.6 is 0 Å². The summed E-state index contributed by atoms with van der Waals surface area (Å²) < 4.78 is 5.36. The Morgan fingerprint density at radius 1 is 1.20 bits per heavy atom. The zero-order valence-corrected chi connectivity index (χ0v) is 18.4. The summed E-state index contributed by atoms with van der Waals surface area (Å²) in [6.07, 6.45) is 2.50. The minimum atomic E-state index is -1.39. The maximum atomic E-state index is 11.8. The van der Waals surface area contributed by atoms with Gasteiger partial charge in [0.1, 0.15) is 12.6 Å². The number of carbonyl (C=O) groups is 2. The van der Waals surface area contributed by atoms with Crippen molar-refractivity contribution in [3.05, 3.63) is 12.7 Å². The molecule has 1 aliphatic carbocycles. The zero-order chi connectivity index (χ0) is 19.3. The third-order valence-corrected chi connectivity index (χ3v) is 11.8. The summed E-state index contributed by atoms with van der Waals surface area (Å²) in [7, 11) is -2.44. The quantitative estimate of drug-likeness (QED) is 0.382. The number of hydrogen-bond acceptors (Lipinski definition) is 4. The van der Waals surface area contributed by atoms with Crippen molar-refractivity contribution in [3.8, 4) is 0 Å². The van der Waals surface area contributed by atoms with E-state index in [1.165, 1.54) is 12.1 Å². The van der Waals surface area contributed by atoms with Gasteiger partial charge in [0, 0.05) is 8.07 Å². The van der Waals surface area contributed by atoms with Crippen molar-refractivity contribution in [2.24, 2.45) is 0 Å². The Hall–Kier alpha value is -0.926. The Morgan fingerprint density at radius 3 is 2.36 bits per heavy atom. The number of carbonyl (C=O) groups excluding carboxylic acids is 2. The van der Waals surface area contributed by atoms with Crippen molar-refractivity contribution in [1.29, 1.82) is 0 Å². The number of esters is 1. The van der Waals surface area contributed by atoms with Crippen LogP contribution in [0.3, 0.4) is 0 Å². The molecule has 1 aliphatic rings. The molecule has 3 atom stereocenters. The van der Waals surface area contributed by atoms with E-state index in [1.54, 1.807) is 0 Å². The van der Waals surface area contributed by atoms with Crippen LogP contribution in [-0.4, -0.2) is 51.9 Å². The molecule has 0 aliphatic heterocycles. The zero-order valence-electron chi connectivity index (χ0n) is 16.4. The van der Waals surface area contributed by atoms with Gasteiger partial charge in [-0.1, -0.05) is 51.4 Å². The largest absolute Gasteiger partial charge is 0.458 e. The molecule has 144 valence electrons. The molecule has 7 heteroatoms. The highest BCUT2D eigenvalue weighted by molar-refractivity contribution is 6.82. The lowest BCUT2D eigenvalue weighted by Gasteiger charge is -2.41. The Labute approximate surface area is 154 Å². The SMILES string of the molecule is C=CC(=O)NCC(=O)OC1CCC([Si](C)(C)CC[Si](C)(C)C)CC1O. The number of hydrogen-bond donors (Lipinski definition) is 2. The van der Waals surface area contributed by atoms with Crippen molar-refractivity contribution < 1.29 is 19.4 Å². The van der Waals surface area contributed by atoms with Crippen LogP contribution in [0, 0.1) is 0 Å². The highest BCUT2D eigenvalue weighted by Crippen LogP contribution is 2.41. The number of aliphatic hydroxyl groups excluding tert-OH is 1. The number of amides is 1. The lowest BCUT2D eigenvalue weighted by Crippen LogP contribution is -2.44. The first-order chi connectivity index (χ1) is 11.4. The molecule has 0 aromatic carbocycles. The first kappa shape index (κ1) is 22.1. The number of rotatable bonds is 8. The Bertz CT molecular complexity index is 488. The fourth-order valence-electron chi connectivity index (χ4n) is 3.31. The second kappa shape index (κ2) is 9.14. The van der Waals surface area contributed by atoms with E-state index in [0.29, 0.717) is 12.0 Å². The summed E-state index contributed by atoms with van der Waals surface area (Å²) in [5.41, 5.74) is 0.578. The average Bonchev–Trinajstić information content (AvgIpc) is 2.52. The van der Waals surface area contributed by atoms with Gasteiger partial charge < -0.3 is 15.2 Å². The molecule has 0 heterocycles. The van der Waals surface area contributed by atoms with E-state index in [-0.39, 0.29) is 6.54 Å². The summed E-state index contributed by atoms with van der Waals surface area (Å²) in [5.74, 6) is -0.913. The predicted molar refractivity (Wildman–Crippen MR) is 107 cm³/mol. The molecule has 0 aromatic heterocycles. The Kier molecular flexibility index (Phi) is 8.08. The second-order valence-electron chi connectivity index (χ2n) is 9.08. The minimum absolute atomic E-state index is 0.187. The van der Waals surface area contributed by atoms with Crippen molar-refractivity contribution in [3.63, 3.8) is 0 Å². The highest BCUT2D eigenvalue weighted by Gasteiger charge is 2.40. The van der Waals surface area contributed by atoms with Crippen molar-refractivity contribution in [2.45, 2.75) is 81.8 Å². The van der Waals surface area contributed by atoms with Crippen LogP contribution in [0.1, 0.15) is 19.3 Å². The molecule has 25 heavy (non-hydrogen) atoms. The van der Waals surface area contributed by atoms with Gasteiger partial charge in [0.25, 0.3) is 0 Å². The van der Waals surface area contributed by atoms with E-state index in [1.807, 2.05) is 0 Å². The van der Waals surface area contributed by atoms with Gasteiger partial charge in [-0.3, -0.25) is 9.59 Å². The van der Waals surface area contributed by atoms with Gasteiger partial charge in [-0.05, 0) is 30.9 Å². The monoisotopic (exact) mass is 385 g/mol. The third-order valence-electron chi connectivity index (χ3n) is 5.25. The van der Waals surface area contributed by atoms with Gasteiger partial charge >= 0.3 is 5.97 Å². The van der Waals surface area contributed by atoms with Crippen molar-refractivity contribution >= 4 is 28.0 Å². The maximum Gasteiger partial charge on any atom is 0.325 e. The summed E-state index contributed by atoms with van der Waals surface area (Å²) in [4.78, 5) is 22.9.